The van der Waals surface area contributed by atoms with Gasteiger partial charge < -0.3 is 10.6 Å². The summed E-state index contributed by atoms with van der Waals surface area (Å²) in [6.07, 6.45) is 1.37. The maximum Gasteiger partial charge on any atom is 0.237 e. The summed E-state index contributed by atoms with van der Waals surface area (Å²) in [6, 6.07) is 7.17. The second-order valence-electron chi connectivity index (χ2n) is 7.26. The molecule has 1 aromatic carbocycles. The SMILES string of the molecule is CNC(CC(C)(C)C)C(=O)NCCc1nc(-c2ccc(Cl)cc2)n[nH]1. The maximum atomic E-state index is 12.3. The number of nitrogens with zero attached hydrogens (tertiary/aromatic N) is 2. The van der Waals surface area contributed by atoms with Crippen molar-refractivity contribution in [2.24, 2.45) is 5.41 Å². The van der Waals surface area contributed by atoms with Crippen LogP contribution in [0.2, 0.25) is 5.02 Å². The summed E-state index contributed by atoms with van der Waals surface area (Å²) in [4.78, 5) is 16.7. The Hall–Kier alpha value is -1.92. The number of aromatic amines is 1. The van der Waals surface area contributed by atoms with Gasteiger partial charge in [0.25, 0.3) is 0 Å². The van der Waals surface area contributed by atoms with Crippen LogP contribution in [0.4, 0.5) is 0 Å². The number of H-pyrrole nitrogens is 1. The first-order valence-electron chi connectivity index (χ1n) is 8.41. The highest BCUT2D eigenvalue weighted by atomic mass is 35.5. The molecule has 0 aliphatic heterocycles. The third kappa shape index (κ3) is 6.14. The highest BCUT2D eigenvalue weighted by Crippen LogP contribution is 2.20. The second kappa shape index (κ2) is 8.45. The number of amides is 1. The first-order valence-corrected chi connectivity index (χ1v) is 8.78. The number of hydrogen-bond acceptors (Lipinski definition) is 4. The average molecular weight is 364 g/mol. The van der Waals surface area contributed by atoms with Crippen molar-refractivity contribution in [3.05, 3.63) is 35.1 Å². The van der Waals surface area contributed by atoms with E-state index < -0.39 is 0 Å². The molecule has 0 aliphatic rings. The van der Waals surface area contributed by atoms with Gasteiger partial charge in [-0.2, -0.15) is 5.10 Å². The van der Waals surface area contributed by atoms with E-state index in [0.717, 1.165) is 17.8 Å². The van der Waals surface area contributed by atoms with Gasteiger partial charge in [0.05, 0.1) is 6.04 Å². The van der Waals surface area contributed by atoms with E-state index in [-0.39, 0.29) is 17.4 Å². The monoisotopic (exact) mass is 363 g/mol. The van der Waals surface area contributed by atoms with Gasteiger partial charge in [0.2, 0.25) is 5.91 Å². The molecule has 1 aromatic heterocycles. The summed E-state index contributed by atoms with van der Waals surface area (Å²) < 4.78 is 0. The van der Waals surface area contributed by atoms with Crippen molar-refractivity contribution < 1.29 is 4.79 Å². The van der Waals surface area contributed by atoms with Gasteiger partial charge in [-0.15, -0.1) is 0 Å². The fourth-order valence-corrected chi connectivity index (χ4v) is 2.63. The lowest BCUT2D eigenvalue weighted by Gasteiger charge is -2.24. The fraction of sp³-hybridized carbons (Fsp3) is 0.500. The van der Waals surface area contributed by atoms with Crippen LogP contribution >= 0.6 is 11.6 Å². The van der Waals surface area contributed by atoms with E-state index in [4.69, 9.17) is 11.6 Å². The molecule has 0 bridgehead atoms. The Bertz CT molecular complexity index is 690. The molecule has 6 nitrogen and oxygen atoms in total. The van der Waals surface area contributed by atoms with E-state index in [9.17, 15) is 4.79 Å². The molecule has 7 heteroatoms. The van der Waals surface area contributed by atoms with E-state index in [1.807, 2.05) is 19.2 Å². The van der Waals surface area contributed by atoms with E-state index >= 15 is 0 Å². The Morgan fingerprint density at radius 1 is 1.28 bits per heavy atom. The molecule has 0 saturated heterocycles. The smallest absolute Gasteiger partial charge is 0.237 e. The van der Waals surface area contributed by atoms with Crippen molar-refractivity contribution in [2.75, 3.05) is 13.6 Å². The van der Waals surface area contributed by atoms with Gasteiger partial charge in [0.15, 0.2) is 5.82 Å². The van der Waals surface area contributed by atoms with Crippen LogP contribution in [0.5, 0.6) is 0 Å². The second-order valence-corrected chi connectivity index (χ2v) is 7.70. The zero-order chi connectivity index (χ0) is 18.4. The summed E-state index contributed by atoms with van der Waals surface area (Å²) in [5.74, 6) is 1.37. The van der Waals surface area contributed by atoms with E-state index in [1.165, 1.54) is 0 Å². The molecule has 0 radical (unpaired) electrons. The van der Waals surface area contributed by atoms with Crippen molar-refractivity contribution in [3.63, 3.8) is 0 Å². The van der Waals surface area contributed by atoms with Crippen LogP contribution in [0, 0.1) is 5.41 Å². The van der Waals surface area contributed by atoms with Crippen LogP contribution in [0.3, 0.4) is 0 Å². The van der Waals surface area contributed by atoms with E-state index in [0.29, 0.717) is 23.8 Å². The molecule has 2 aromatic rings. The highest BCUT2D eigenvalue weighted by molar-refractivity contribution is 6.30. The molecule has 1 unspecified atom stereocenters. The van der Waals surface area contributed by atoms with Crippen LogP contribution < -0.4 is 10.6 Å². The molecule has 0 saturated carbocycles. The third-order valence-electron chi connectivity index (χ3n) is 3.78. The summed E-state index contributed by atoms with van der Waals surface area (Å²) in [5, 5.41) is 13.8. The average Bonchev–Trinajstić information content (AvgIpc) is 3.01. The molecule has 1 heterocycles. The zero-order valence-corrected chi connectivity index (χ0v) is 15.9. The third-order valence-corrected chi connectivity index (χ3v) is 4.03. The number of hydrogen-bond donors (Lipinski definition) is 3. The predicted octanol–water partition coefficient (Wildman–Crippen LogP) is 2.81. The van der Waals surface area contributed by atoms with Crippen molar-refractivity contribution in [2.45, 2.75) is 39.7 Å². The van der Waals surface area contributed by atoms with Gasteiger partial charge in [0, 0.05) is 23.6 Å². The molecular formula is C18H26ClN5O. The van der Waals surface area contributed by atoms with Crippen LogP contribution in [0.15, 0.2) is 24.3 Å². The van der Waals surface area contributed by atoms with Crippen molar-refractivity contribution >= 4 is 17.5 Å². The molecule has 2 rings (SSSR count). The molecule has 1 amide bonds. The lowest BCUT2D eigenvalue weighted by Crippen LogP contribution is -2.45. The topological polar surface area (TPSA) is 82.7 Å². The largest absolute Gasteiger partial charge is 0.354 e. The summed E-state index contributed by atoms with van der Waals surface area (Å²) in [7, 11) is 1.81. The quantitative estimate of drug-likeness (QED) is 0.706. The van der Waals surface area contributed by atoms with Gasteiger partial charge in [-0.1, -0.05) is 32.4 Å². The van der Waals surface area contributed by atoms with Crippen molar-refractivity contribution in [1.82, 2.24) is 25.8 Å². The van der Waals surface area contributed by atoms with Crippen molar-refractivity contribution in [3.8, 4) is 11.4 Å². The van der Waals surface area contributed by atoms with Crippen LogP contribution in [-0.2, 0) is 11.2 Å². The van der Waals surface area contributed by atoms with E-state index in [2.05, 4.69) is 46.6 Å². The lowest BCUT2D eigenvalue weighted by molar-refractivity contribution is -0.123. The zero-order valence-electron chi connectivity index (χ0n) is 15.2. The minimum atomic E-state index is -0.195. The minimum absolute atomic E-state index is 0.00913. The minimum Gasteiger partial charge on any atom is -0.354 e. The number of halogens is 1. The van der Waals surface area contributed by atoms with Crippen LogP contribution in [0.1, 0.15) is 33.0 Å². The Balaban J connectivity index is 1.85. The van der Waals surface area contributed by atoms with E-state index in [1.54, 1.807) is 12.1 Å². The number of aromatic nitrogens is 3. The summed E-state index contributed by atoms with van der Waals surface area (Å²) in [5.41, 5.74) is 0.986. The fourth-order valence-electron chi connectivity index (χ4n) is 2.50. The number of likely N-dealkylation sites (N-methyl/N-ethyl adjacent to an activating group) is 1. The summed E-state index contributed by atoms with van der Waals surface area (Å²) in [6.45, 7) is 6.88. The molecule has 0 spiro atoms. The maximum absolute atomic E-state index is 12.3. The normalized spacial score (nSPS) is 12.8. The molecule has 136 valence electrons. The highest BCUT2D eigenvalue weighted by Gasteiger charge is 2.23. The number of benzene rings is 1. The molecule has 1 atom stereocenters. The summed E-state index contributed by atoms with van der Waals surface area (Å²) >= 11 is 5.89. The number of nitrogens with one attached hydrogen (secondary N) is 3. The number of rotatable bonds is 7. The molecule has 25 heavy (non-hydrogen) atoms. The van der Waals surface area contributed by atoms with Gasteiger partial charge >= 0.3 is 0 Å². The van der Waals surface area contributed by atoms with Gasteiger partial charge in [-0.25, -0.2) is 4.98 Å². The Kier molecular flexibility index (Phi) is 6.56. The van der Waals surface area contributed by atoms with Crippen LogP contribution in [0.25, 0.3) is 11.4 Å². The number of carbonyl (C=O) groups excluding carboxylic acids is 1. The predicted molar refractivity (Wildman–Crippen MR) is 100 cm³/mol. The molecular weight excluding hydrogens is 338 g/mol. The van der Waals surface area contributed by atoms with Gasteiger partial charge in [-0.05, 0) is 43.1 Å². The Morgan fingerprint density at radius 2 is 1.96 bits per heavy atom. The first-order chi connectivity index (χ1) is 11.8. The number of carbonyl (C=O) groups is 1. The standard InChI is InChI=1S/C18H26ClN5O/c1-18(2,3)11-14(20-4)17(25)21-10-9-15-22-16(24-23-15)12-5-7-13(19)8-6-12/h5-8,14,20H,9-11H2,1-4H3,(H,21,25)(H,22,23,24). The van der Waals surface area contributed by atoms with Crippen molar-refractivity contribution in [1.29, 1.82) is 0 Å². The van der Waals surface area contributed by atoms with Gasteiger partial charge in [0.1, 0.15) is 5.82 Å². The molecule has 3 N–H and O–H groups in total. The molecule has 0 aliphatic carbocycles. The van der Waals surface area contributed by atoms with Gasteiger partial charge in [-0.3, -0.25) is 9.89 Å². The Labute approximate surface area is 153 Å². The lowest BCUT2D eigenvalue weighted by atomic mass is 9.88. The van der Waals surface area contributed by atoms with Crippen LogP contribution in [-0.4, -0.2) is 40.7 Å². The first kappa shape index (κ1) is 19.4. The Morgan fingerprint density at radius 3 is 2.56 bits per heavy atom. The molecule has 0 fully saturated rings.